The van der Waals surface area contributed by atoms with E-state index in [1.54, 1.807) is 0 Å². The molecule has 4 aromatic rings. The highest BCUT2D eigenvalue weighted by Gasteiger charge is 2.28. The maximum absolute atomic E-state index is 12.5. The van der Waals surface area contributed by atoms with Crippen molar-refractivity contribution in [2.45, 2.75) is 11.3 Å². The van der Waals surface area contributed by atoms with E-state index in [1.165, 1.54) is 16.4 Å². The van der Waals surface area contributed by atoms with Crippen LogP contribution in [0.2, 0.25) is 0 Å². The van der Waals surface area contributed by atoms with E-state index in [2.05, 4.69) is 15.5 Å². The Morgan fingerprint density at radius 1 is 1.06 bits per heavy atom. The second-order valence-corrected chi connectivity index (χ2v) is 7.88. The smallest absolute Gasteiger partial charge is 0.234 e. The number of amides is 1. The number of anilines is 1. The Morgan fingerprint density at radius 2 is 1.84 bits per heavy atom. The van der Waals surface area contributed by atoms with E-state index in [0.29, 0.717) is 22.5 Å². The van der Waals surface area contributed by atoms with Gasteiger partial charge in [0.1, 0.15) is 6.61 Å². The molecular weight excluding hydrogens is 414 g/mol. The molecular formula is C22H19N5O3S. The average molecular weight is 433 g/mol. The summed E-state index contributed by atoms with van der Waals surface area (Å²) in [6, 6.07) is 21.1. The lowest BCUT2D eigenvalue weighted by atomic mass is 10.1. The SMILES string of the molecule is Nn1c(SCC(=O)Nc2cccc3ccccc23)nnc1[C@H]1COc2ccccc2O1. The lowest BCUT2D eigenvalue weighted by molar-refractivity contribution is -0.113. The Balaban J connectivity index is 1.24. The van der Waals surface area contributed by atoms with E-state index in [0.717, 1.165) is 16.5 Å². The van der Waals surface area contributed by atoms with E-state index in [9.17, 15) is 4.79 Å². The molecule has 0 bridgehead atoms. The fraction of sp³-hybridized carbons (Fsp3) is 0.136. The Kier molecular flexibility index (Phi) is 5.09. The van der Waals surface area contributed by atoms with Gasteiger partial charge in [-0.15, -0.1) is 10.2 Å². The molecule has 1 aromatic heterocycles. The molecule has 8 nitrogen and oxygen atoms in total. The number of fused-ring (bicyclic) bond motifs is 2. The fourth-order valence-corrected chi connectivity index (χ4v) is 4.07. The number of rotatable bonds is 5. The minimum atomic E-state index is -0.480. The summed E-state index contributed by atoms with van der Waals surface area (Å²) >= 11 is 1.21. The number of aromatic nitrogens is 3. The summed E-state index contributed by atoms with van der Waals surface area (Å²) in [6.45, 7) is 0.276. The number of nitrogen functional groups attached to an aromatic ring is 1. The molecule has 0 saturated carbocycles. The van der Waals surface area contributed by atoms with Crippen LogP contribution < -0.4 is 20.6 Å². The molecule has 0 radical (unpaired) electrons. The van der Waals surface area contributed by atoms with E-state index in [-0.39, 0.29) is 18.3 Å². The molecule has 156 valence electrons. The van der Waals surface area contributed by atoms with Crippen LogP contribution in [0.5, 0.6) is 11.5 Å². The van der Waals surface area contributed by atoms with Crippen LogP contribution in [-0.2, 0) is 4.79 Å². The third-order valence-electron chi connectivity index (χ3n) is 4.88. The van der Waals surface area contributed by atoms with Crippen molar-refractivity contribution in [3.05, 3.63) is 72.6 Å². The largest absolute Gasteiger partial charge is 0.485 e. The number of nitrogens with zero attached hydrogens (tertiary/aromatic N) is 3. The summed E-state index contributed by atoms with van der Waals surface area (Å²) in [4.78, 5) is 12.5. The van der Waals surface area contributed by atoms with Crippen LogP contribution in [0, 0.1) is 0 Å². The molecule has 5 rings (SSSR count). The second kappa shape index (κ2) is 8.19. The molecule has 3 N–H and O–H groups in total. The van der Waals surface area contributed by atoms with Gasteiger partial charge in [-0.3, -0.25) is 4.79 Å². The van der Waals surface area contributed by atoms with E-state index in [1.807, 2.05) is 66.7 Å². The van der Waals surface area contributed by atoms with E-state index >= 15 is 0 Å². The van der Waals surface area contributed by atoms with Crippen LogP contribution in [0.15, 0.2) is 71.9 Å². The summed E-state index contributed by atoms with van der Waals surface area (Å²) in [7, 11) is 0. The Bertz CT molecular complexity index is 1250. The predicted octanol–water partition coefficient (Wildman–Crippen LogP) is 3.39. The highest BCUT2D eigenvalue weighted by Crippen LogP contribution is 2.35. The quantitative estimate of drug-likeness (QED) is 0.367. The molecule has 2 heterocycles. The van der Waals surface area contributed by atoms with Gasteiger partial charge in [-0.1, -0.05) is 60.3 Å². The predicted molar refractivity (Wildman–Crippen MR) is 119 cm³/mol. The Morgan fingerprint density at radius 3 is 2.74 bits per heavy atom. The van der Waals surface area contributed by atoms with Gasteiger partial charge < -0.3 is 20.6 Å². The number of nitrogens with two attached hydrogens (primary N) is 1. The van der Waals surface area contributed by atoms with Crippen molar-refractivity contribution < 1.29 is 14.3 Å². The third kappa shape index (κ3) is 3.87. The molecule has 1 atom stereocenters. The van der Waals surface area contributed by atoms with Gasteiger partial charge in [0, 0.05) is 11.1 Å². The number of hydrogen-bond acceptors (Lipinski definition) is 7. The van der Waals surface area contributed by atoms with Crippen LogP contribution in [0.1, 0.15) is 11.9 Å². The highest BCUT2D eigenvalue weighted by molar-refractivity contribution is 7.99. The number of carbonyl (C=O) groups excluding carboxylic acids is 1. The van der Waals surface area contributed by atoms with Crippen molar-refractivity contribution in [1.82, 2.24) is 14.9 Å². The lowest BCUT2D eigenvalue weighted by Crippen LogP contribution is -2.27. The van der Waals surface area contributed by atoms with Crippen molar-refractivity contribution >= 4 is 34.1 Å². The van der Waals surface area contributed by atoms with Gasteiger partial charge >= 0.3 is 0 Å². The van der Waals surface area contributed by atoms with Gasteiger partial charge in [0.25, 0.3) is 0 Å². The molecule has 3 aromatic carbocycles. The number of thioether (sulfide) groups is 1. The van der Waals surface area contributed by atoms with Crippen molar-refractivity contribution in [3.63, 3.8) is 0 Å². The first kappa shape index (κ1) is 19.3. The van der Waals surface area contributed by atoms with Crippen molar-refractivity contribution in [3.8, 4) is 11.5 Å². The molecule has 0 unspecified atom stereocenters. The molecule has 1 amide bonds. The zero-order chi connectivity index (χ0) is 21.2. The molecule has 9 heteroatoms. The zero-order valence-corrected chi connectivity index (χ0v) is 17.2. The van der Waals surface area contributed by atoms with Gasteiger partial charge in [0.05, 0.1) is 5.75 Å². The molecule has 0 fully saturated rings. The van der Waals surface area contributed by atoms with Gasteiger partial charge in [0.15, 0.2) is 23.4 Å². The van der Waals surface area contributed by atoms with Crippen molar-refractivity contribution in [1.29, 1.82) is 0 Å². The Labute approximate surface area is 182 Å². The van der Waals surface area contributed by atoms with Gasteiger partial charge in [-0.25, -0.2) is 4.68 Å². The van der Waals surface area contributed by atoms with E-state index in [4.69, 9.17) is 15.3 Å². The van der Waals surface area contributed by atoms with Crippen molar-refractivity contribution in [2.75, 3.05) is 23.5 Å². The van der Waals surface area contributed by atoms with Crippen LogP contribution >= 0.6 is 11.8 Å². The molecule has 0 spiro atoms. The normalized spacial score (nSPS) is 15.0. The summed E-state index contributed by atoms with van der Waals surface area (Å²) in [5.41, 5.74) is 0.769. The number of ether oxygens (including phenoxy) is 2. The third-order valence-corrected chi connectivity index (χ3v) is 5.83. The molecule has 1 aliphatic heterocycles. The first-order chi connectivity index (χ1) is 15.2. The number of hydrogen-bond donors (Lipinski definition) is 2. The summed E-state index contributed by atoms with van der Waals surface area (Å²) in [6.07, 6.45) is -0.480. The molecule has 31 heavy (non-hydrogen) atoms. The minimum absolute atomic E-state index is 0.142. The fourth-order valence-electron chi connectivity index (χ4n) is 3.40. The van der Waals surface area contributed by atoms with Crippen molar-refractivity contribution in [2.24, 2.45) is 0 Å². The number of para-hydroxylation sites is 2. The number of carbonyl (C=O) groups is 1. The summed E-state index contributed by atoms with van der Waals surface area (Å²) < 4.78 is 13.0. The first-order valence-electron chi connectivity index (χ1n) is 9.68. The highest BCUT2D eigenvalue weighted by atomic mass is 32.2. The van der Waals surface area contributed by atoms with Gasteiger partial charge in [0.2, 0.25) is 11.1 Å². The monoisotopic (exact) mass is 433 g/mol. The summed E-state index contributed by atoms with van der Waals surface area (Å²) in [5.74, 6) is 7.91. The maximum atomic E-state index is 12.5. The summed E-state index contributed by atoms with van der Waals surface area (Å²) in [5, 5.41) is 13.7. The van der Waals surface area contributed by atoms with Gasteiger partial charge in [-0.05, 0) is 23.6 Å². The van der Waals surface area contributed by atoms with Gasteiger partial charge in [-0.2, -0.15) is 0 Å². The van der Waals surface area contributed by atoms with E-state index < -0.39 is 6.10 Å². The Hall–Kier alpha value is -3.72. The average Bonchev–Trinajstić information content (AvgIpc) is 3.18. The molecule has 0 aliphatic carbocycles. The number of nitrogens with one attached hydrogen (secondary N) is 1. The topological polar surface area (TPSA) is 104 Å². The first-order valence-corrected chi connectivity index (χ1v) is 10.7. The minimum Gasteiger partial charge on any atom is -0.485 e. The molecule has 1 aliphatic rings. The van der Waals surface area contributed by atoms with Crippen LogP contribution in [0.3, 0.4) is 0 Å². The number of benzene rings is 3. The van der Waals surface area contributed by atoms with Crippen LogP contribution in [0.4, 0.5) is 5.69 Å². The van der Waals surface area contributed by atoms with Crippen LogP contribution in [-0.4, -0.2) is 33.1 Å². The lowest BCUT2D eigenvalue weighted by Gasteiger charge is -2.25. The second-order valence-electron chi connectivity index (χ2n) is 6.94. The molecule has 0 saturated heterocycles. The maximum Gasteiger partial charge on any atom is 0.234 e. The van der Waals surface area contributed by atoms with Crippen LogP contribution in [0.25, 0.3) is 10.8 Å². The zero-order valence-electron chi connectivity index (χ0n) is 16.4. The standard InChI is InChI=1S/C22H19N5O3S/c23-27-21(19-12-29-17-10-3-4-11-18(17)30-19)25-26-22(27)31-13-20(28)24-16-9-5-7-14-6-1-2-8-15(14)16/h1-11,19H,12-13,23H2,(H,24,28)/t19-/m1/s1.